The standard InChI is InChI=1S/C20H22N2O5/c1-24-15-7-4-13(5-8-15)12-21-20(23)19-11-16(22-27-19)14-6-9-17(25-2)18(10-14)26-3/h4-10,19H,11-12H2,1-3H3,(H,21,23)/t19-/m0/s1. The van der Waals surface area contributed by atoms with Gasteiger partial charge >= 0.3 is 0 Å². The van der Waals surface area contributed by atoms with Crippen LogP contribution in [0.5, 0.6) is 17.2 Å². The molecule has 2 aromatic rings. The van der Waals surface area contributed by atoms with Crippen molar-refractivity contribution in [3.05, 3.63) is 53.6 Å². The summed E-state index contributed by atoms with van der Waals surface area (Å²) >= 11 is 0. The highest BCUT2D eigenvalue weighted by atomic mass is 16.6. The minimum absolute atomic E-state index is 0.204. The molecular formula is C20H22N2O5. The number of amides is 1. The molecule has 0 saturated heterocycles. The highest BCUT2D eigenvalue weighted by Crippen LogP contribution is 2.29. The van der Waals surface area contributed by atoms with E-state index in [2.05, 4.69) is 10.5 Å². The summed E-state index contributed by atoms with van der Waals surface area (Å²) in [5.41, 5.74) is 2.50. The molecule has 1 heterocycles. The molecule has 1 aliphatic rings. The molecule has 142 valence electrons. The zero-order chi connectivity index (χ0) is 19.2. The number of hydrogen-bond donors (Lipinski definition) is 1. The Hall–Kier alpha value is -3.22. The number of oxime groups is 1. The molecule has 7 heteroatoms. The minimum Gasteiger partial charge on any atom is -0.497 e. The Labute approximate surface area is 157 Å². The first-order chi connectivity index (χ1) is 13.1. The van der Waals surface area contributed by atoms with Crippen molar-refractivity contribution in [1.29, 1.82) is 0 Å². The molecule has 27 heavy (non-hydrogen) atoms. The second-order valence-corrected chi connectivity index (χ2v) is 5.97. The van der Waals surface area contributed by atoms with Crippen LogP contribution < -0.4 is 19.5 Å². The largest absolute Gasteiger partial charge is 0.497 e. The lowest BCUT2D eigenvalue weighted by Gasteiger charge is -2.10. The van der Waals surface area contributed by atoms with E-state index in [0.717, 1.165) is 16.9 Å². The molecular weight excluding hydrogens is 348 g/mol. The molecule has 3 rings (SSSR count). The maximum atomic E-state index is 12.4. The second kappa shape index (κ2) is 8.44. The van der Waals surface area contributed by atoms with Crippen molar-refractivity contribution in [1.82, 2.24) is 5.32 Å². The number of carbonyl (C=O) groups is 1. The highest BCUT2D eigenvalue weighted by molar-refractivity contribution is 6.04. The maximum Gasteiger partial charge on any atom is 0.264 e. The van der Waals surface area contributed by atoms with E-state index in [1.165, 1.54) is 0 Å². The van der Waals surface area contributed by atoms with Crippen molar-refractivity contribution in [2.45, 2.75) is 19.1 Å². The van der Waals surface area contributed by atoms with Crippen LogP contribution in [-0.2, 0) is 16.2 Å². The number of rotatable bonds is 7. The Kier molecular flexibility index (Phi) is 5.80. The lowest BCUT2D eigenvalue weighted by Crippen LogP contribution is -2.34. The molecule has 0 spiro atoms. The summed E-state index contributed by atoms with van der Waals surface area (Å²) in [6.07, 6.45) is -0.254. The predicted molar refractivity (Wildman–Crippen MR) is 100 cm³/mol. The van der Waals surface area contributed by atoms with Crippen LogP contribution in [0.15, 0.2) is 47.6 Å². The van der Waals surface area contributed by atoms with Crippen LogP contribution in [0, 0.1) is 0 Å². The monoisotopic (exact) mass is 370 g/mol. The van der Waals surface area contributed by atoms with E-state index in [-0.39, 0.29) is 5.91 Å². The van der Waals surface area contributed by atoms with Gasteiger partial charge in [-0.05, 0) is 35.9 Å². The second-order valence-electron chi connectivity index (χ2n) is 5.97. The van der Waals surface area contributed by atoms with E-state index in [1.54, 1.807) is 27.4 Å². The van der Waals surface area contributed by atoms with Crippen LogP contribution in [0.25, 0.3) is 0 Å². The molecule has 1 N–H and O–H groups in total. The fourth-order valence-corrected chi connectivity index (χ4v) is 2.75. The van der Waals surface area contributed by atoms with Crippen molar-refractivity contribution < 1.29 is 23.8 Å². The first-order valence-electron chi connectivity index (χ1n) is 8.50. The quantitative estimate of drug-likeness (QED) is 0.810. The van der Waals surface area contributed by atoms with Crippen molar-refractivity contribution in [3.63, 3.8) is 0 Å². The Morgan fingerprint density at radius 1 is 1.07 bits per heavy atom. The van der Waals surface area contributed by atoms with E-state index < -0.39 is 6.10 Å². The van der Waals surface area contributed by atoms with Crippen LogP contribution in [0.2, 0.25) is 0 Å². The number of nitrogens with one attached hydrogen (secondary N) is 1. The van der Waals surface area contributed by atoms with E-state index in [0.29, 0.717) is 30.2 Å². The van der Waals surface area contributed by atoms with E-state index in [9.17, 15) is 4.79 Å². The Balaban J connectivity index is 1.57. The number of nitrogens with zero attached hydrogens (tertiary/aromatic N) is 1. The molecule has 0 unspecified atom stereocenters. The molecule has 1 aliphatic heterocycles. The molecule has 2 aromatic carbocycles. The zero-order valence-electron chi connectivity index (χ0n) is 15.5. The van der Waals surface area contributed by atoms with Crippen LogP contribution >= 0.6 is 0 Å². The Bertz CT molecular complexity index is 833. The number of benzene rings is 2. The highest BCUT2D eigenvalue weighted by Gasteiger charge is 2.29. The van der Waals surface area contributed by atoms with Crippen LogP contribution in [-0.4, -0.2) is 39.1 Å². The summed E-state index contributed by atoms with van der Waals surface area (Å²) in [6.45, 7) is 0.411. The normalized spacial score (nSPS) is 15.5. The number of methoxy groups -OCH3 is 3. The molecule has 0 aromatic heterocycles. The SMILES string of the molecule is COc1ccc(CNC(=O)[C@@H]2CC(c3ccc(OC)c(OC)c3)=NO2)cc1. The Morgan fingerprint density at radius 3 is 2.48 bits per heavy atom. The van der Waals surface area contributed by atoms with Gasteiger partial charge in [0.15, 0.2) is 11.5 Å². The zero-order valence-corrected chi connectivity index (χ0v) is 15.5. The van der Waals surface area contributed by atoms with Gasteiger partial charge in [0.25, 0.3) is 5.91 Å². The van der Waals surface area contributed by atoms with Gasteiger partial charge in [-0.15, -0.1) is 0 Å². The summed E-state index contributed by atoms with van der Waals surface area (Å²) in [6, 6.07) is 13.0. The van der Waals surface area contributed by atoms with Crippen LogP contribution in [0.1, 0.15) is 17.5 Å². The average molecular weight is 370 g/mol. The summed E-state index contributed by atoms with van der Waals surface area (Å²) in [5, 5.41) is 6.93. The van der Waals surface area contributed by atoms with Crippen molar-refractivity contribution in [3.8, 4) is 17.2 Å². The van der Waals surface area contributed by atoms with Gasteiger partial charge in [0.05, 0.1) is 27.0 Å². The van der Waals surface area contributed by atoms with Crippen LogP contribution in [0.3, 0.4) is 0 Å². The summed E-state index contributed by atoms with van der Waals surface area (Å²) in [4.78, 5) is 17.7. The third-order valence-corrected chi connectivity index (χ3v) is 4.30. The summed E-state index contributed by atoms with van der Waals surface area (Å²) < 4.78 is 15.7. The molecule has 0 fully saturated rings. The van der Waals surface area contributed by atoms with Gasteiger partial charge in [-0.1, -0.05) is 17.3 Å². The third kappa shape index (κ3) is 4.31. The minimum atomic E-state index is -0.647. The molecule has 0 saturated carbocycles. The van der Waals surface area contributed by atoms with Crippen molar-refractivity contribution >= 4 is 11.6 Å². The first kappa shape index (κ1) is 18.6. The molecule has 7 nitrogen and oxygen atoms in total. The van der Waals surface area contributed by atoms with Crippen molar-refractivity contribution in [2.24, 2.45) is 5.16 Å². The fraction of sp³-hybridized carbons (Fsp3) is 0.300. The third-order valence-electron chi connectivity index (χ3n) is 4.30. The molecule has 0 bridgehead atoms. The first-order valence-corrected chi connectivity index (χ1v) is 8.50. The summed E-state index contributed by atoms with van der Waals surface area (Å²) in [5.74, 6) is 1.81. The van der Waals surface area contributed by atoms with Gasteiger partial charge in [0, 0.05) is 18.5 Å². The van der Waals surface area contributed by atoms with Gasteiger partial charge in [-0.25, -0.2) is 0 Å². The lowest BCUT2D eigenvalue weighted by atomic mass is 10.0. The molecule has 0 aliphatic carbocycles. The van der Waals surface area contributed by atoms with Gasteiger partial charge in [-0.2, -0.15) is 0 Å². The molecule has 0 radical (unpaired) electrons. The van der Waals surface area contributed by atoms with E-state index in [4.69, 9.17) is 19.0 Å². The number of carbonyl (C=O) groups excluding carboxylic acids is 1. The van der Waals surface area contributed by atoms with Crippen molar-refractivity contribution in [2.75, 3.05) is 21.3 Å². The average Bonchev–Trinajstić information content (AvgIpc) is 3.22. The maximum absolute atomic E-state index is 12.4. The molecule has 1 atom stereocenters. The van der Waals surface area contributed by atoms with Gasteiger partial charge < -0.3 is 24.4 Å². The Morgan fingerprint density at radius 2 is 1.81 bits per heavy atom. The smallest absolute Gasteiger partial charge is 0.264 e. The van der Waals surface area contributed by atoms with Gasteiger partial charge in [-0.3, -0.25) is 4.79 Å². The fourth-order valence-electron chi connectivity index (χ4n) is 2.75. The summed E-state index contributed by atoms with van der Waals surface area (Å²) in [7, 11) is 4.77. The topological polar surface area (TPSA) is 78.4 Å². The predicted octanol–water partition coefficient (Wildman–Crippen LogP) is 2.52. The lowest BCUT2D eigenvalue weighted by molar-refractivity contribution is -0.131. The van der Waals surface area contributed by atoms with Gasteiger partial charge in [0.2, 0.25) is 6.10 Å². The van der Waals surface area contributed by atoms with Gasteiger partial charge in [0.1, 0.15) is 5.75 Å². The number of ether oxygens (including phenoxy) is 3. The van der Waals surface area contributed by atoms with E-state index >= 15 is 0 Å². The van der Waals surface area contributed by atoms with Crippen LogP contribution in [0.4, 0.5) is 0 Å². The number of hydrogen-bond acceptors (Lipinski definition) is 6. The molecule has 1 amide bonds. The van der Waals surface area contributed by atoms with E-state index in [1.807, 2.05) is 36.4 Å².